The van der Waals surface area contributed by atoms with Gasteiger partial charge >= 0.3 is 5.91 Å². The van der Waals surface area contributed by atoms with Gasteiger partial charge in [0.2, 0.25) is 0 Å². The lowest BCUT2D eigenvalue weighted by Gasteiger charge is -2.23. The van der Waals surface area contributed by atoms with E-state index in [9.17, 15) is 14.7 Å². The van der Waals surface area contributed by atoms with Gasteiger partial charge in [-0.1, -0.05) is 40.5 Å². The van der Waals surface area contributed by atoms with Crippen molar-refractivity contribution in [1.29, 1.82) is 0 Å². The van der Waals surface area contributed by atoms with Gasteiger partial charge in [0.1, 0.15) is 17.3 Å². The van der Waals surface area contributed by atoms with Gasteiger partial charge in [0, 0.05) is 16.7 Å². The number of rotatable bonds is 4. The maximum absolute atomic E-state index is 13.0. The van der Waals surface area contributed by atoms with E-state index in [1.807, 2.05) is 0 Å². The summed E-state index contributed by atoms with van der Waals surface area (Å²) in [5, 5.41) is 15.7. The maximum atomic E-state index is 13.0. The zero-order valence-electron chi connectivity index (χ0n) is 16.4. The number of aliphatic hydroxyl groups excluding tert-OH is 1. The number of hydrogen-bond acceptors (Lipinski definition) is 6. The first-order valence-corrected chi connectivity index (χ1v) is 9.91. The molecule has 0 aliphatic carbocycles. The zero-order chi connectivity index (χ0) is 22.3. The van der Waals surface area contributed by atoms with Crippen LogP contribution < -0.4 is 9.64 Å². The molecular weight excluding hydrogens is 443 g/mol. The van der Waals surface area contributed by atoms with Gasteiger partial charge in [-0.3, -0.25) is 14.5 Å². The molecule has 0 unspecified atom stereocenters. The first-order valence-electron chi connectivity index (χ1n) is 9.15. The minimum atomic E-state index is -0.942. The van der Waals surface area contributed by atoms with Crippen LogP contribution in [0.1, 0.15) is 22.9 Å². The topological polar surface area (TPSA) is 92.9 Å². The van der Waals surface area contributed by atoms with Crippen molar-refractivity contribution >= 4 is 46.5 Å². The van der Waals surface area contributed by atoms with Crippen molar-refractivity contribution in [3.05, 3.63) is 81.0 Å². The predicted molar refractivity (Wildman–Crippen MR) is 115 cm³/mol. The van der Waals surface area contributed by atoms with E-state index in [2.05, 4.69) is 5.16 Å². The Bertz CT molecular complexity index is 1220. The van der Waals surface area contributed by atoms with E-state index in [4.69, 9.17) is 32.5 Å². The number of ether oxygens (including phenoxy) is 1. The Morgan fingerprint density at radius 2 is 1.84 bits per heavy atom. The summed E-state index contributed by atoms with van der Waals surface area (Å²) in [4.78, 5) is 27.2. The Morgan fingerprint density at radius 3 is 2.42 bits per heavy atom. The number of Topliss-reactive ketones (excluding diaryl/α,β-unsaturated/α-hetero) is 1. The van der Waals surface area contributed by atoms with Gasteiger partial charge in [-0.05, 0) is 42.8 Å². The molecule has 2 aromatic carbocycles. The highest BCUT2D eigenvalue weighted by molar-refractivity contribution is 6.51. The summed E-state index contributed by atoms with van der Waals surface area (Å²) < 4.78 is 10.2. The van der Waals surface area contributed by atoms with Crippen LogP contribution in [-0.4, -0.2) is 29.1 Å². The summed E-state index contributed by atoms with van der Waals surface area (Å²) in [6, 6.07) is 11.8. The van der Waals surface area contributed by atoms with Gasteiger partial charge in [-0.15, -0.1) is 0 Å². The number of nitrogens with zero attached hydrogens (tertiary/aromatic N) is 2. The molecule has 0 saturated carbocycles. The lowest BCUT2D eigenvalue weighted by Crippen LogP contribution is -2.29. The van der Waals surface area contributed by atoms with Gasteiger partial charge in [0.25, 0.3) is 5.78 Å². The average molecular weight is 459 g/mol. The highest BCUT2D eigenvalue weighted by Gasteiger charge is 2.48. The fraction of sp³-hybridized carbons (Fsp3) is 0.136. The molecule has 1 N–H and O–H groups in total. The lowest BCUT2D eigenvalue weighted by atomic mass is 9.95. The molecule has 1 aliphatic rings. The standard InChI is InChI=1S/C22H16Cl2N2O5/c1-11-9-17(25-31-11)26-19(12-3-6-14(23)7-4-12)18(21(28)22(26)29)20(27)13-5-8-16(30-2)15(24)10-13/h3-10,19,27H,1-2H3/t19-/m1/s1. The Morgan fingerprint density at radius 1 is 1.13 bits per heavy atom. The molecule has 158 valence electrons. The second kappa shape index (κ2) is 8.09. The number of halogens is 2. The number of methoxy groups -OCH3 is 1. The molecule has 1 aromatic heterocycles. The molecule has 1 aliphatic heterocycles. The minimum Gasteiger partial charge on any atom is -0.507 e. The minimum absolute atomic E-state index is 0.103. The van der Waals surface area contributed by atoms with E-state index in [1.54, 1.807) is 49.4 Å². The molecule has 3 aromatic rings. The molecule has 0 bridgehead atoms. The number of aromatic nitrogens is 1. The van der Waals surface area contributed by atoms with Crippen LogP contribution >= 0.6 is 23.2 Å². The highest BCUT2D eigenvalue weighted by Crippen LogP contribution is 2.42. The van der Waals surface area contributed by atoms with Crippen molar-refractivity contribution in [2.75, 3.05) is 12.0 Å². The van der Waals surface area contributed by atoms with Gasteiger partial charge in [-0.25, -0.2) is 0 Å². The number of benzene rings is 2. The smallest absolute Gasteiger partial charge is 0.301 e. The molecule has 0 spiro atoms. The Kier molecular flexibility index (Phi) is 5.47. The first-order chi connectivity index (χ1) is 14.8. The lowest BCUT2D eigenvalue weighted by molar-refractivity contribution is -0.132. The van der Waals surface area contributed by atoms with Crippen LogP contribution in [0.5, 0.6) is 5.75 Å². The van der Waals surface area contributed by atoms with E-state index in [0.717, 1.165) is 0 Å². The number of aliphatic hydroxyl groups is 1. The van der Waals surface area contributed by atoms with Crippen molar-refractivity contribution < 1.29 is 24.0 Å². The molecule has 7 nitrogen and oxygen atoms in total. The van der Waals surface area contributed by atoms with E-state index in [1.165, 1.54) is 18.1 Å². The van der Waals surface area contributed by atoms with Crippen LogP contribution in [0.15, 0.2) is 58.6 Å². The highest BCUT2D eigenvalue weighted by atomic mass is 35.5. The SMILES string of the molecule is COc1ccc(C(O)=C2C(=O)C(=O)N(c3cc(C)on3)[C@@H]2c2ccc(Cl)cc2)cc1Cl. The second-order valence-electron chi connectivity index (χ2n) is 6.87. The Balaban J connectivity index is 1.93. The van der Waals surface area contributed by atoms with Crippen molar-refractivity contribution in [1.82, 2.24) is 5.16 Å². The quantitative estimate of drug-likeness (QED) is 0.338. The first kappa shape index (κ1) is 21.0. The number of ketones is 1. The Hall–Kier alpha value is -3.29. The second-order valence-corrected chi connectivity index (χ2v) is 7.71. The van der Waals surface area contributed by atoms with Crippen LogP contribution in [0.2, 0.25) is 10.0 Å². The van der Waals surface area contributed by atoms with Crippen molar-refractivity contribution in [2.45, 2.75) is 13.0 Å². The number of carbonyl (C=O) groups excluding carboxylic acids is 2. The molecule has 1 amide bonds. The molecule has 31 heavy (non-hydrogen) atoms. The van der Waals surface area contributed by atoms with E-state index < -0.39 is 17.7 Å². The largest absolute Gasteiger partial charge is 0.507 e. The summed E-state index contributed by atoms with van der Waals surface area (Å²) in [6.45, 7) is 1.67. The average Bonchev–Trinajstić information content (AvgIpc) is 3.29. The predicted octanol–water partition coefficient (Wildman–Crippen LogP) is 4.92. The third-order valence-electron chi connectivity index (χ3n) is 4.92. The van der Waals surface area contributed by atoms with Crippen LogP contribution in [0.3, 0.4) is 0 Å². The number of carbonyl (C=O) groups is 2. The molecule has 1 saturated heterocycles. The van der Waals surface area contributed by atoms with E-state index >= 15 is 0 Å². The van der Waals surface area contributed by atoms with Gasteiger partial charge in [0.05, 0.1) is 23.7 Å². The summed E-state index contributed by atoms with van der Waals surface area (Å²) in [6.07, 6.45) is 0. The van der Waals surface area contributed by atoms with Crippen LogP contribution in [0.4, 0.5) is 5.82 Å². The van der Waals surface area contributed by atoms with Crippen molar-refractivity contribution in [3.8, 4) is 5.75 Å². The van der Waals surface area contributed by atoms with Gasteiger partial charge in [0.15, 0.2) is 5.82 Å². The van der Waals surface area contributed by atoms with Crippen LogP contribution in [0.25, 0.3) is 5.76 Å². The fourth-order valence-corrected chi connectivity index (χ4v) is 3.85. The normalized spacial score (nSPS) is 17.9. The monoisotopic (exact) mass is 458 g/mol. The maximum Gasteiger partial charge on any atom is 0.301 e. The number of anilines is 1. The molecular formula is C22H16Cl2N2O5. The molecule has 1 fully saturated rings. The molecule has 4 rings (SSSR count). The molecule has 9 heteroatoms. The van der Waals surface area contributed by atoms with Gasteiger partial charge in [-0.2, -0.15) is 0 Å². The fourth-order valence-electron chi connectivity index (χ4n) is 3.47. The van der Waals surface area contributed by atoms with Crippen LogP contribution in [0, 0.1) is 6.92 Å². The van der Waals surface area contributed by atoms with Crippen LogP contribution in [-0.2, 0) is 9.59 Å². The summed E-state index contributed by atoms with van der Waals surface area (Å²) in [5.41, 5.74) is 0.721. The number of aryl methyl sites for hydroxylation is 1. The molecule has 1 atom stereocenters. The van der Waals surface area contributed by atoms with E-state index in [0.29, 0.717) is 22.1 Å². The number of amides is 1. The summed E-state index contributed by atoms with van der Waals surface area (Å²) in [5.74, 6) is -1.03. The third kappa shape index (κ3) is 3.66. The molecule has 2 heterocycles. The zero-order valence-corrected chi connectivity index (χ0v) is 17.9. The third-order valence-corrected chi connectivity index (χ3v) is 5.47. The van der Waals surface area contributed by atoms with E-state index in [-0.39, 0.29) is 27.7 Å². The van der Waals surface area contributed by atoms with Gasteiger partial charge < -0.3 is 14.4 Å². The summed E-state index contributed by atoms with van der Waals surface area (Å²) in [7, 11) is 1.46. The van der Waals surface area contributed by atoms with Crippen molar-refractivity contribution in [3.63, 3.8) is 0 Å². The summed E-state index contributed by atoms with van der Waals surface area (Å²) >= 11 is 12.2. The Labute approximate surface area is 187 Å². The number of hydrogen-bond donors (Lipinski definition) is 1. The molecule has 0 radical (unpaired) electrons. The van der Waals surface area contributed by atoms with Crippen molar-refractivity contribution in [2.24, 2.45) is 0 Å².